The van der Waals surface area contributed by atoms with E-state index in [0.717, 1.165) is 9.34 Å². The van der Waals surface area contributed by atoms with Crippen LogP contribution in [0, 0.1) is 5.41 Å². The van der Waals surface area contributed by atoms with Gasteiger partial charge in [-0.1, -0.05) is 36.4 Å². The van der Waals surface area contributed by atoms with Crippen molar-refractivity contribution < 1.29 is 0 Å². The molecule has 0 saturated heterocycles. The SMILES string of the molecule is CC(I)C1(C)CC1. The highest BCUT2D eigenvalue weighted by atomic mass is 127. The highest BCUT2D eigenvalue weighted by molar-refractivity contribution is 14.1. The molecule has 0 amide bonds. The van der Waals surface area contributed by atoms with E-state index in [4.69, 9.17) is 0 Å². The summed E-state index contributed by atoms with van der Waals surface area (Å²) in [4.78, 5) is 0. The van der Waals surface area contributed by atoms with Crippen LogP contribution in [0.15, 0.2) is 0 Å². The molecule has 0 bridgehead atoms. The molecule has 1 saturated carbocycles. The molecule has 0 nitrogen and oxygen atoms in total. The maximum atomic E-state index is 2.51. The average Bonchev–Trinajstić information content (AvgIpc) is 2.21. The molecule has 0 aliphatic heterocycles. The number of hydrogen-bond acceptors (Lipinski definition) is 0. The predicted octanol–water partition coefficient (Wildman–Crippen LogP) is 2.61. The summed E-state index contributed by atoms with van der Waals surface area (Å²) in [5, 5.41) is 0. The maximum Gasteiger partial charge on any atom is 0.0135 e. The fourth-order valence-electron chi connectivity index (χ4n) is 0.595. The largest absolute Gasteiger partial charge is 0.0823 e. The van der Waals surface area contributed by atoms with Gasteiger partial charge in [0.25, 0.3) is 0 Å². The lowest BCUT2D eigenvalue weighted by Gasteiger charge is -2.08. The monoisotopic (exact) mass is 210 g/mol. The Kier molecular flexibility index (Phi) is 1.34. The molecule has 1 aliphatic rings. The van der Waals surface area contributed by atoms with Crippen LogP contribution >= 0.6 is 22.6 Å². The molecule has 42 valence electrons. The Morgan fingerprint density at radius 2 is 2.00 bits per heavy atom. The van der Waals surface area contributed by atoms with Crippen LogP contribution in [-0.2, 0) is 0 Å². The van der Waals surface area contributed by atoms with Crippen LogP contribution in [0.2, 0.25) is 0 Å². The zero-order chi connectivity index (χ0) is 5.49. The number of halogens is 1. The van der Waals surface area contributed by atoms with Crippen molar-refractivity contribution in [2.24, 2.45) is 5.41 Å². The third-order valence-corrected chi connectivity index (χ3v) is 3.50. The van der Waals surface area contributed by atoms with E-state index in [1.54, 1.807) is 0 Å². The molecular formula is C6H11I. The molecule has 0 N–H and O–H groups in total. The first-order valence-electron chi connectivity index (χ1n) is 2.79. The molecule has 0 spiro atoms. The van der Waals surface area contributed by atoms with Gasteiger partial charge in [-0.2, -0.15) is 0 Å². The van der Waals surface area contributed by atoms with Gasteiger partial charge in [0.05, 0.1) is 0 Å². The highest BCUT2D eigenvalue weighted by Gasteiger charge is 2.40. The molecule has 1 atom stereocenters. The van der Waals surface area contributed by atoms with E-state index in [1.165, 1.54) is 12.8 Å². The topological polar surface area (TPSA) is 0 Å². The first-order valence-corrected chi connectivity index (χ1v) is 4.04. The summed E-state index contributed by atoms with van der Waals surface area (Å²) < 4.78 is 0.880. The van der Waals surface area contributed by atoms with Crippen LogP contribution in [0.1, 0.15) is 26.7 Å². The molecule has 1 fully saturated rings. The predicted molar refractivity (Wildman–Crippen MR) is 40.8 cm³/mol. The summed E-state index contributed by atoms with van der Waals surface area (Å²) in [6.45, 7) is 4.66. The summed E-state index contributed by atoms with van der Waals surface area (Å²) in [7, 11) is 0. The summed E-state index contributed by atoms with van der Waals surface area (Å²) >= 11 is 2.51. The molecule has 1 aliphatic carbocycles. The van der Waals surface area contributed by atoms with Gasteiger partial charge in [0.15, 0.2) is 0 Å². The van der Waals surface area contributed by atoms with Gasteiger partial charge in [-0.3, -0.25) is 0 Å². The number of hydrogen-bond donors (Lipinski definition) is 0. The Morgan fingerprint density at radius 3 is 2.00 bits per heavy atom. The van der Waals surface area contributed by atoms with Crippen molar-refractivity contribution in [1.82, 2.24) is 0 Å². The summed E-state index contributed by atoms with van der Waals surface area (Å²) in [6, 6.07) is 0. The zero-order valence-electron chi connectivity index (χ0n) is 4.87. The fourth-order valence-corrected chi connectivity index (χ4v) is 1.22. The molecule has 0 aromatic rings. The van der Waals surface area contributed by atoms with Crippen LogP contribution in [0.5, 0.6) is 0 Å². The van der Waals surface area contributed by atoms with Crippen molar-refractivity contribution in [2.45, 2.75) is 30.6 Å². The molecule has 7 heavy (non-hydrogen) atoms. The lowest BCUT2D eigenvalue weighted by atomic mass is 10.1. The first kappa shape index (κ1) is 5.86. The van der Waals surface area contributed by atoms with Gasteiger partial charge >= 0.3 is 0 Å². The second-order valence-corrected chi connectivity index (χ2v) is 4.64. The normalized spacial score (nSPS) is 29.6. The smallest absolute Gasteiger partial charge is 0.0135 e. The van der Waals surface area contributed by atoms with Gasteiger partial charge in [0.1, 0.15) is 0 Å². The van der Waals surface area contributed by atoms with E-state index in [9.17, 15) is 0 Å². The van der Waals surface area contributed by atoms with Gasteiger partial charge < -0.3 is 0 Å². The lowest BCUT2D eigenvalue weighted by molar-refractivity contribution is 0.584. The summed E-state index contributed by atoms with van der Waals surface area (Å²) in [5.41, 5.74) is 0.737. The molecule has 0 heterocycles. The van der Waals surface area contributed by atoms with E-state index in [1.807, 2.05) is 0 Å². The summed E-state index contributed by atoms with van der Waals surface area (Å²) in [5.74, 6) is 0. The second-order valence-electron chi connectivity index (χ2n) is 2.77. The third kappa shape index (κ3) is 1.09. The van der Waals surface area contributed by atoms with Gasteiger partial charge in [0.2, 0.25) is 0 Å². The molecule has 1 heteroatoms. The summed E-state index contributed by atoms with van der Waals surface area (Å²) in [6.07, 6.45) is 2.91. The Hall–Kier alpha value is 0.730. The van der Waals surface area contributed by atoms with Crippen LogP contribution in [0.25, 0.3) is 0 Å². The Labute approximate surface area is 58.8 Å². The minimum Gasteiger partial charge on any atom is -0.0823 e. The molecule has 1 unspecified atom stereocenters. The maximum absolute atomic E-state index is 2.51. The van der Waals surface area contributed by atoms with Gasteiger partial charge in [-0.25, -0.2) is 0 Å². The number of rotatable bonds is 1. The highest BCUT2D eigenvalue weighted by Crippen LogP contribution is 2.50. The first-order chi connectivity index (χ1) is 3.15. The van der Waals surface area contributed by atoms with Crippen molar-refractivity contribution in [1.29, 1.82) is 0 Å². The van der Waals surface area contributed by atoms with Crippen LogP contribution in [-0.4, -0.2) is 3.92 Å². The number of alkyl halides is 1. The third-order valence-electron chi connectivity index (χ3n) is 2.00. The molecule has 0 aromatic carbocycles. The van der Waals surface area contributed by atoms with Gasteiger partial charge in [-0.15, -0.1) is 0 Å². The Bertz CT molecular complexity index is 72.2. The molecular weight excluding hydrogens is 199 g/mol. The molecule has 0 aromatic heterocycles. The van der Waals surface area contributed by atoms with Crippen LogP contribution in [0.3, 0.4) is 0 Å². The van der Waals surface area contributed by atoms with E-state index >= 15 is 0 Å². The second kappa shape index (κ2) is 1.61. The van der Waals surface area contributed by atoms with Crippen LogP contribution in [0.4, 0.5) is 0 Å². The van der Waals surface area contributed by atoms with Crippen molar-refractivity contribution >= 4 is 22.6 Å². The van der Waals surface area contributed by atoms with Crippen molar-refractivity contribution in [3.8, 4) is 0 Å². The minimum atomic E-state index is 0.737. The Balaban J connectivity index is 2.39. The van der Waals surface area contributed by atoms with E-state index in [2.05, 4.69) is 36.4 Å². The Morgan fingerprint density at radius 1 is 1.57 bits per heavy atom. The molecule has 1 rings (SSSR count). The fraction of sp³-hybridized carbons (Fsp3) is 1.00. The average molecular weight is 210 g/mol. The minimum absolute atomic E-state index is 0.737. The van der Waals surface area contributed by atoms with Crippen LogP contribution < -0.4 is 0 Å². The standard InChI is InChI=1S/C6H11I/c1-5(7)6(2)3-4-6/h5H,3-4H2,1-2H3. The van der Waals surface area contributed by atoms with Gasteiger partial charge in [-0.05, 0) is 18.3 Å². The van der Waals surface area contributed by atoms with Crippen molar-refractivity contribution in [2.75, 3.05) is 0 Å². The van der Waals surface area contributed by atoms with E-state index in [0.29, 0.717) is 0 Å². The quantitative estimate of drug-likeness (QED) is 0.461. The van der Waals surface area contributed by atoms with E-state index < -0.39 is 0 Å². The zero-order valence-corrected chi connectivity index (χ0v) is 7.03. The van der Waals surface area contributed by atoms with Crippen molar-refractivity contribution in [3.05, 3.63) is 0 Å². The molecule has 0 radical (unpaired) electrons. The van der Waals surface area contributed by atoms with Gasteiger partial charge in [0, 0.05) is 3.92 Å². The van der Waals surface area contributed by atoms with E-state index in [-0.39, 0.29) is 0 Å². The lowest BCUT2D eigenvalue weighted by Crippen LogP contribution is -2.04. The van der Waals surface area contributed by atoms with Crippen molar-refractivity contribution in [3.63, 3.8) is 0 Å².